The monoisotopic (exact) mass is 468 g/mol. The van der Waals surface area contributed by atoms with E-state index in [2.05, 4.69) is 15.6 Å². The zero-order valence-electron chi connectivity index (χ0n) is 18.9. The average molecular weight is 468 g/mol. The zero-order valence-corrected chi connectivity index (χ0v) is 18.9. The Morgan fingerprint density at radius 2 is 1.60 bits per heavy atom. The SMILES string of the molecule is CC(=O)c1ccc2nc(-c3ccc([N+](=O)[O-])cc3)cc(C(=O)NC(=O)Nc3ccc(C)cc3)c2c1. The van der Waals surface area contributed by atoms with Crippen molar-refractivity contribution in [3.8, 4) is 11.3 Å². The van der Waals surface area contributed by atoms with E-state index in [0.717, 1.165) is 5.56 Å². The van der Waals surface area contributed by atoms with Crippen molar-refractivity contribution in [2.24, 2.45) is 0 Å². The van der Waals surface area contributed by atoms with Gasteiger partial charge in [-0.2, -0.15) is 0 Å². The maximum atomic E-state index is 13.1. The lowest BCUT2D eigenvalue weighted by atomic mass is 10.0. The normalized spacial score (nSPS) is 10.6. The number of non-ortho nitro benzene ring substituents is 1. The topological polar surface area (TPSA) is 131 Å². The third-order valence-electron chi connectivity index (χ3n) is 5.37. The number of Topliss-reactive ketones (excluding diaryl/α,β-unsaturated/α-hetero) is 1. The van der Waals surface area contributed by atoms with Crippen LogP contribution in [0.15, 0.2) is 72.8 Å². The molecule has 9 nitrogen and oxygen atoms in total. The standard InChI is InChI=1S/C26H20N4O5/c1-15-3-8-19(9-4-15)27-26(33)29-25(32)22-14-24(17-5-10-20(11-6-17)30(34)35)28-23-12-7-18(16(2)31)13-21(22)23/h3-14H,1-2H3,(H2,27,29,32,33). The highest BCUT2D eigenvalue weighted by molar-refractivity contribution is 6.15. The third kappa shape index (κ3) is 5.19. The number of rotatable bonds is 5. The molecule has 4 rings (SSSR count). The summed E-state index contributed by atoms with van der Waals surface area (Å²) in [5.74, 6) is -0.874. The minimum Gasteiger partial charge on any atom is -0.308 e. The van der Waals surface area contributed by atoms with Crippen LogP contribution >= 0.6 is 0 Å². The van der Waals surface area contributed by atoms with Crippen LogP contribution < -0.4 is 10.6 Å². The van der Waals surface area contributed by atoms with Crippen LogP contribution in [0, 0.1) is 17.0 Å². The van der Waals surface area contributed by atoms with Gasteiger partial charge in [-0.3, -0.25) is 25.0 Å². The predicted molar refractivity (Wildman–Crippen MR) is 132 cm³/mol. The van der Waals surface area contributed by atoms with Gasteiger partial charge in [0.15, 0.2) is 5.78 Å². The van der Waals surface area contributed by atoms with E-state index in [9.17, 15) is 24.5 Å². The van der Waals surface area contributed by atoms with Crippen LogP contribution in [0.3, 0.4) is 0 Å². The van der Waals surface area contributed by atoms with Crippen molar-refractivity contribution in [2.45, 2.75) is 13.8 Å². The molecule has 2 N–H and O–H groups in total. The Balaban J connectivity index is 1.72. The molecule has 9 heteroatoms. The second-order valence-corrected chi connectivity index (χ2v) is 7.92. The second kappa shape index (κ2) is 9.52. The fourth-order valence-electron chi connectivity index (χ4n) is 3.50. The first kappa shape index (κ1) is 23.2. The van der Waals surface area contributed by atoms with Crippen LogP contribution in [0.25, 0.3) is 22.2 Å². The zero-order chi connectivity index (χ0) is 25.1. The van der Waals surface area contributed by atoms with E-state index < -0.39 is 16.9 Å². The number of imide groups is 1. The minimum absolute atomic E-state index is 0.0774. The fourth-order valence-corrected chi connectivity index (χ4v) is 3.50. The summed E-state index contributed by atoms with van der Waals surface area (Å²) in [7, 11) is 0. The molecule has 174 valence electrons. The number of aryl methyl sites for hydroxylation is 1. The Bertz CT molecular complexity index is 1480. The number of hydrogen-bond acceptors (Lipinski definition) is 6. The molecular weight excluding hydrogens is 448 g/mol. The van der Waals surface area contributed by atoms with Gasteiger partial charge in [0.1, 0.15) is 0 Å². The average Bonchev–Trinajstić information content (AvgIpc) is 2.84. The second-order valence-electron chi connectivity index (χ2n) is 7.92. The van der Waals surface area contributed by atoms with Gasteiger partial charge >= 0.3 is 6.03 Å². The Kier molecular flexibility index (Phi) is 6.32. The highest BCUT2D eigenvalue weighted by Crippen LogP contribution is 2.27. The first-order valence-electron chi connectivity index (χ1n) is 10.6. The molecule has 4 aromatic rings. The van der Waals surface area contributed by atoms with Gasteiger partial charge in [0.2, 0.25) is 0 Å². The molecule has 0 bridgehead atoms. The lowest BCUT2D eigenvalue weighted by molar-refractivity contribution is -0.384. The van der Waals surface area contributed by atoms with E-state index in [1.54, 1.807) is 30.3 Å². The molecule has 0 aliphatic carbocycles. The van der Waals surface area contributed by atoms with Crippen molar-refractivity contribution in [1.82, 2.24) is 10.3 Å². The minimum atomic E-state index is -0.719. The molecule has 0 fully saturated rings. The van der Waals surface area contributed by atoms with Gasteiger partial charge in [0, 0.05) is 34.3 Å². The van der Waals surface area contributed by atoms with Gasteiger partial charge in [-0.1, -0.05) is 17.7 Å². The molecule has 0 saturated carbocycles. The van der Waals surface area contributed by atoms with E-state index in [4.69, 9.17) is 0 Å². The Morgan fingerprint density at radius 1 is 0.914 bits per heavy atom. The van der Waals surface area contributed by atoms with Crippen LogP contribution in [-0.4, -0.2) is 27.6 Å². The number of anilines is 1. The number of benzene rings is 3. The molecule has 0 atom stereocenters. The number of fused-ring (bicyclic) bond motifs is 1. The van der Waals surface area contributed by atoms with Crippen molar-refractivity contribution in [2.75, 3.05) is 5.32 Å². The van der Waals surface area contributed by atoms with E-state index in [-0.39, 0.29) is 17.0 Å². The Labute approximate surface area is 200 Å². The maximum Gasteiger partial charge on any atom is 0.326 e. The number of urea groups is 1. The molecule has 0 radical (unpaired) electrons. The maximum absolute atomic E-state index is 13.1. The largest absolute Gasteiger partial charge is 0.326 e. The van der Waals surface area contributed by atoms with Gasteiger partial charge in [0.05, 0.1) is 21.7 Å². The van der Waals surface area contributed by atoms with Crippen molar-refractivity contribution >= 4 is 40.0 Å². The lowest BCUT2D eigenvalue weighted by Crippen LogP contribution is -2.34. The summed E-state index contributed by atoms with van der Waals surface area (Å²) in [6.07, 6.45) is 0. The molecule has 1 heterocycles. The molecule has 0 saturated heterocycles. The molecule has 0 aliphatic rings. The fraction of sp³-hybridized carbons (Fsp3) is 0.0769. The summed E-state index contributed by atoms with van der Waals surface area (Å²) in [4.78, 5) is 52.6. The highest BCUT2D eigenvalue weighted by atomic mass is 16.6. The molecular formula is C26H20N4O5. The molecule has 0 unspecified atom stereocenters. The summed E-state index contributed by atoms with van der Waals surface area (Å²) >= 11 is 0. The number of carbonyl (C=O) groups excluding carboxylic acids is 3. The molecule has 1 aromatic heterocycles. The van der Waals surface area contributed by atoms with Gasteiger partial charge in [-0.05, 0) is 62.4 Å². The van der Waals surface area contributed by atoms with Gasteiger partial charge in [0.25, 0.3) is 11.6 Å². The Morgan fingerprint density at radius 3 is 2.23 bits per heavy atom. The number of nitrogens with one attached hydrogen (secondary N) is 2. The van der Waals surface area contributed by atoms with Crippen LogP contribution in [0.2, 0.25) is 0 Å². The van der Waals surface area contributed by atoms with E-state index in [1.807, 2.05) is 19.1 Å². The molecule has 3 amide bonds. The number of amides is 3. The molecule has 35 heavy (non-hydrogen) atoms. The summed E-state index contributed by atoms with van der Waals surface area (Å²) in [5.41, 5.74) is 3.34. The number of nitrogens with zero attached hydrogens (tertiary/aromatic N) is 2. The molecule has 3 aromatic carbocycles. The van der Waals surface area contributed by atoms with E-state index in [0.29, 0.717) is 33.4 Å². The van der Waals surface area contributed by atoms with Crippen LogP contribution in [0.4, 0.5) is 16.2 Å². The van der Waals surface area contributed by atoms with E-state index in [1.165, 1.54) is 37.3 Å². The molecule has 0 spiro atoms. The number of hydrogen-bond donors (Lipinski definition) is 2. The summed E-state index contributed by atoms with van der Waals surface area (Å²) < 4.78 is 0. The summed E-state index contributed by atoms with van der Waals surface area (Å²) in [6, 6.07) is 18.4. The van der Waals surface area contributed by atoms with Crippen molar-refractivity contribution in [1.29, 1.82) is 0 Å². The van der Waals surface area contributed by atoms with Crippen molar-refractivity contribution < 1.29 is 19.3 Å². The van der Waals surface area contributed by atoms with Crippen LogP contribution in [0.5, 0.6) is 0 Å². The number of nitro benzene ring substituents is 1. The van der Waals surface area contributed by atoms with Crippen LogP contribution in [0.1, 0.15) is 33.2 Å². The smallest absolute Gasteiger partial charge is 0.308 e. The Hall–Kier alpha value is -4.92. The summed E-state index contributed by atoms with van der Waals surface area (Å²) in [6.45, 7) is 3.33. The first-order chi connectivity index (χ1) is 16.7. The number of nitro groups is 1. The molecule has 0 aliphatic heterocycles. The number of ketones is 1. The van der Waals surface area contributed by atoms with Gasteiger partial charge in [-0.25, -0.2) is 9.78 Å². The van der Waals surface area contributed by atoms with E-state index >= 15 is 0 Å². The first-order valence-corrected chi connectivity index (χ1v) is 10.6. The quantitative estimate of drug-likeness (QED) is 0.233. The number of pyridine rings is 1. The van der Waals surface area contributed by atoms with Crippen molar-refractivity contribution in [3.05, 3.63) is 99.6 Å². The third-order valence-corrected chi connectivity index (χ3v) is 5.37. The predicted octanol–water partition coefficient (Wildman–Crippen LogP) is 5.28. The van der Waals surface area contributed by atoms with Gasteiger partial charge < -0.3 is 5.32 Å². The summed E-state index contributed by atoms with van der Waals surface area (Å²) in [5, 5.41) is 16.3. The lowest BCUT2D eigenvalue weighted by Gasteiger charge is -2.12. The van der Waals surface area contributed by atoms with Crippen molar-refractivity contribution in [3.63, 3.8) is 0 Å². The highest BCUT2D eigenvalue weighted by Gasteiger charge is 2.18. The number of aromatic nitrogens is 1. The van der Waals surface area contributed by atoms with Gasteiger partial charge in [-0.15, -0.1) is 0 Å². The number of carbonyl (C=O) groups is 3. The van der Waals surface area contributed by atoms with Crippen LogP contribution in [-0.2, 0) is 0 Å².